The van der Waals surface area contributed by atoms with Crippen molar-refractivity contribution in [2.75, 3.05) is 31.1 Å². The van der Waals surface area contributed by atoms with Gasteiger partial charge in [0, 0.05) is 37.8 Å². The molecule has 8 nitrogen and oxygen atoms in total. The van der Waals surface area contributed by atoms with Crippen molar-refractivity contribution in [2.45, 2.75) is 63.9 Å². The molecule has 10 heteroatoms. The number of nitrogens with zero attached hydrogens (tertiary/aromatic N) is 3. The number of benzene rings is 1. The van der Waals surface area contributed by atoms with Crippen molar-refractivity contribution in [2.24, 2.45) is 0 Å². The summed E-state index contributed by atoms with van der Waals surface area (Å²) in [5, 5.41) is 13.7. The number of non-ortho nitro benzene ring substituents is 1. The molecule has 1 aromatic carbocycles. The summed E-state index contributed by atoms with van der Waals surface area (Å²) in [6.07, 6.45) is 0.347. The number of ether oxygens (including phenoxy) is 1. The van der Waals surface area contributed by atoms with Gasteiger partial charge in [0.1, 0.15) is 11.8 Å². The average molecular weight is 440 g/mol. The fraction of sp³-hybridized carbons (Fsp3) is 0.667. The number of carbonyl (C=O) groups is 1. The summed E-state index contributed by atoms with van der Waals surface area (Å²) in [7, 11) is 0. The summed E-state index contributed by atoms with van der Waals surface area (Å²) in [5.41, 5.74) is -0.689. The highest BCUT2D eigenvalue weighted by molar-refractivity contribution is 5.68. The van der Waals surface area contributed by atoms with E-state index in [1.54, 1.807) is 4.90 Å². The minimum absolute atomic E-state index is 0.00143. The SMILES string of the molecule is CC(C)(C)OC(=O)NC1CCN(C2CCN(c3ccc([N+](=O)[O-])cc3F)CC2F)CC1. The fourth-order valence-electron chi connectivity index (χ4n) is 4.24. The van der Waals surface area contributed by atoms with Crippen molar-refractivity contribution in [1.82, 2.24) is 10.2 Å². The highest BCUT2D eigenvalue weighted by atomic mass is 19.1. The standard InChI is InChI=1S/C21H30F2N4O4/c1-21(2,3)31-20(28)24-14-6-9-25(10-7-14)19-8-11-26(13-17(19)23)18-5-4-15(27(29)30)12-16(18)22/h4-5,12,14,17,19H,6-11,13H2,1-3H3,(H,24,28). The monoisotopic (exact) mass is 440 g/mol. The number of nitrogens with one attached hydrogen (secondary N) is 1. The largest absolute Gasteiger partial charge is 0.444 e. The Balaban J connectivity index is 1.51. The molecule has 1 aromatic rings. The first-order chi connectivity index (χ1) is 14.5. The van der Waals surface area contributed by atoms with Crippen molar-refractivity contribution in [3.05, 3.63) is 34.1 Å². The zero-order chi connectivity index (χ0) is 22.8. The number of halogens is 2. The lowest BCUT2D eigenvalue weighted by molar-refractivity contribution is -0.385. The van der Waals surface area contributed by atoms with Crippen LogP contribution >= 0.6 is 0 Å². The van der Waals surface area contributed by atoms with E-state index in [0.717, 1.165) is 6.07 Å². The van der Waals surface area contributed by atoms with Gasteiger partial charge >= 0.3 is 6.09 Å². The summed E-state index contributed by atoms with van der Waals surface area (Å²) >= 11 is 0. The van der Waals surface area contributed by atoms with Crippen LogP contribution in [0.25, 0.3) is 0 Å². The molecule has 2 aliphatic heterocycles. The number of hydrogen-bond donors (Lipinski definition) is 1. The lowest BCUT2D eigenvalue weighted by Crippen LogP contribution is -2.56. The lowest BCUT2D eigenvalue weighted by Gasteiger charge is -2.44. The molecule has 2 saturated heterocycles. The number of anilines is 1. The normalized spacial score (nSPS) is 23.5. The number of carbonyl (C=O) groups excluding carboxylic acids is 1. The Labute approximate surface area is 180 Å². The maximum absolute atomic E-state index is 15.0. The number of hydrogen-bond acceptors (Lipinski definition) is 6. The van der Waals surface area contributed by atoms with E-state index in [1.165, 1.54) is 12.1 Å². The Morgan fingerprint density at radius 1 is 1.23 bits per heavy atom. The highest BCUT2D eigenvalue weighted by Gasteiger charge is 2.36. The van der Waals surface area contributed by atoms with Gasteiger partial charge < -0.3 is 15.0 Å². The summed E-state index contributed by atoms with van der Waals surface area (Å²) in [6.45, 7) is 7.27. The molecule has 0 spiro atoms. The van der Waals surface area contributed by atoms with Gasteiger partial charge in [0.2, 0.25) is 0 Å². The van der Waals surface area contributed by atoms with E-state index < -0.39 is 28.6 Å². The molecule has 2 unspecified atom stereocenters. The highest BCUT2D eigenvalue weighted by Crippen LogP contribution is 2.30. The fourth-order valence-corrected chi connectivity index (χ4v) is 4.24. The van der Waals surface area contributed by atoms with Gasteiger partial charge in [-0.05, 0) is 46.1 Å². The third-order valence-electron chi connectivity index (χ3n) is 5.71. The van der Waals surface area contributed by atoms with E-state index >= 15 is 0 Å². The molecule has 2 heterocycles. The van der Waals surface area contributed by atoms with Gasteiger partial charge in [0.15, 0.2) is 5.82 Å². The van der Waals surface area contributed by atoms with Crippen molar-refractivity contribution in [1.29, 1.82) is 0 Å². The quantitative estimate of drug-likeness (QED) is 0.568. The van der Waals surface area contributed by atoms with Crippen LogP contribution in [0.5, 0.6) is 0 Å². The van der Waals surface area contributed by atoms with E-state index in [0.29, 0.717) is 38.9 Å². The maximum atomic E-state index is 15.0. The molecule has 0 radical (unpaired) electrons. The van der Waals surface area contributed by atoms with Gasteiger partial charge in [-0.3, -0.25) is 15.0 Å². The number of rotatable bonds is 4. The predicted molar refractivity (Wildman–Crippen MR) is 113 cm³/mol. The van der Waals surface area contributed by atoms with Crippen LogP contribution in [-0.2, 0) is 4.74 Å². The summed E-state index contributed by atoms with van der Waals surface area (Å²) in [6, 6.07) is 3.18. The van der Waals surface area contributed by atoms with E-state index in [9.17, 15) is 23.7 Å². The van der Waals surface area contributed by atoms with Crippen LogP contribution in [0.15, 0.2) is 18.2 Å². The summed E-state index contributed by atoms with van der Waals surface area (Å²) in [4.78, 5) is 25.8. The molecule has 0 bridgehead atoms. The number of likely N-dealkylation sites (tertiary alicyclic amines) is 1. The van der Waals surface area contributed by atoms with Crippen LogP contribution in [0.1, 0.15) is 40.0 Å². The molecular formula is C21H30F2N4O4. The van der Waals surface area contributed by atoms with Crippen LogP contribution in [0.3, 0.4) is 0 Å². The molecule has 0 aromatic heterocycles. The molecule has 1 N–H and O–H groups in total. The first kappa shape index (κ1) is 23.2. The van der Waals surface area contributed by atoms with Gasteiger partial charge in [0.25, 0.3) is 5.69 Å². The summed E-state index contributed by atoms with van der Waals surface area (Å²) < 4.78 is 34.6. The topological polar surface area (TPSA) is 88.0 Å². The second-order valence-electron chi connectivity index (χ2n) is 9.17. The Kier molecular flexibility index (Phi) is 6.98. The van der Waals surface area contributed by atoms with Crippen molar-refractivity contribution in [3.63, 3.8) is 0 Å². The molecule has 3 rings (SSSR count). The molecule has 2 atom stereocenters. The van der Waals surface area contributed by atoms with Gasteiger partial charge in [-0.15, -0.1) is 0 Å². The number of piperidine rings is 2. The van der Waals surface area contributed by atoms with E-state index in [4.69, 9.17) is 4.74 Å². The zero-order valence-electron chi connectivity index (χ0n) is 18.1. The van der Waals surface area contributed by atoms with Gasteiger partial charge in [-0.2, -0.15) is 0 Å². The third kappa shape index (κ3) is 6.03. The molecule has 31 heavy (non-hydrogen) atoms. The number of amides is 1. The average Bonchev–Trinajstić information content (AvgIpc) is 2.67. The molecule has 0 aliphatic carbocycles. The smallest absolute Gasteiger partial charge is 0.407 e. The van der Waals surface area contributed by atoms with Crippen LogP contribution in [-0.4, -0.2) is 66.0 Å². The van der Waals surface area contributed by atoms with Crippen LogP contribution in [0.4, 0.5) is 25.0 Å². The van der Waals surface area contributed by atoms with Crippen LogP contribution < -0.4 is 10.2 Å². The van der Waals surface area contributed by atoms with Crippen LogP contribution in [0.2, 0.25) is 0 Å². The Bertz CT molecular complexity index is 809. The van der Waals surface area contributed by atoms with Gasteiger partial charge in [-0.1, -0.05) is 0 Å². The lowest BCUT2D eigenvalue weighted by atomic mass is 9.96. The molecule has 1 amide bonds. The molecule has 0 saturated carbocycles. The van der Waals surface area contributed by atoms with Crippen molar-refractivity contribution in [3.8, 4) is 0 Å². The number of nitro groups is 1. The second kappa shape index (κ2) is 9.33. The van der Waals surface area contributed by atoms with Crippen LogP contribution in [0, 0.1) is 15.9 Å². The second-order valence-corrected chi connectivity index (χ2v) is 9.17. The number of alkyl carbamates (subject to hydrolysis) is 1. The first-order valence-electron chi connectivity index (χ1n) is 10.6. The Hall–Kier alpha value is -2.49. The summed E-state index contributed by atoms with van der Waals surface area (Å²) in [5.74, 6) is -0.714. The minimum atomic E-state index is -1.17. The predicted octanol–water partition coefficient (Wildman–Crippen LogP) is 3.64. The number of nitro benzene ring substituents is 1. The van der Waals surface area contributed by atoms with Crippen molar-refractivity contribution < 1.29 is 23.2 Å². The minimum Gasteiger partial charge on any atom is -0.444 e. The van der Waals surface area contributed by atoms with Crippen molar-refractivity contribution >= 4 is 17.5 Å². The number of alkyl halides is 1. The van der Waals surface area contributed by atoms with E-state index in [2.05, 4.69) is 10.2 Å². The first-order valence-corrected chi connectivity index (χ1v) is 10.6. The van der Waals surface area contributed by atoms with Gasteiger partial charge in [0.05, 0.1) is 23.2 Å². The molecule has 172 valence electrons. The van der Waals surface area contributed by atoms with E-state index in [-0.39, 0.29) is 30.0 Å². The maximum Gasteiger partial charge on any atom is 0.407 e. The van der Waals surface area contributed by atoms with E-state index in [1.807, 2.05) is 20.8 Å². The zero-order valence-corrected chi connectivity index (χ0v) is 18.1. The third-order valence-corrected chi connectivity index (χ3v) is 5.71. The Morgan fingerprint density at radius 3 is 2.45 bits per heavy atom. The molecule has 2 fully saturated rings. The van der Waals surface area contributed by atoms with Gasteiger partial charge in [-0.25, -0.2) is 13.6 Å². The Morgan fingerprint density at radius 2 is 1.90 bits per heavy atom. The molecular weight excluding hydrogens is 410 g/mol. The molecule has 2 aliphatic rings.